The first-order valence-corrected chi connectivity index (χ1v) is 5.46. The van der Waals surface area contributed by atoms with Gasteiger partial charge in [-0.1, -0.05) is 0 Å². The van der Waals surface area contributed by atoms with Crippen LogP contribution in [0.3, 0.4) is 0 Å². The maximum Gasteiger partial charge on any atom is 0.281 e. The van der Waals surface area contributed by atoms with Crippen LogP contribution in [0.4, 0.5) is 10.1 Å². The Morgan fingerprint density at radius 2 is 2.33 bits per heavy atom. The summed E-state index contributed by atoms with van der Waals surface area (Å²) < 4.78 is 13.9. The van der Waals surface area contributed by atoms with Gasteiger partial charge in [0, 0.05) is 17.8 Å². The number of halogens is 1. The molecule has 0 aliphatic rings. The minimum atomic E-state index is -0.634. The molecule has 94 valence electrons. The van der Waals surface area contributed by atoms with Crippen LogP contribution in [0.2, 0.25) is 0 Å². The summed E-state index contributed by atoms with van der Waals surface area (Å²) in [5, 5.41) is 11.2. The molecule has 0 radical (unpaired) electrons. The molecule has 1 aromatic carbocycles. The highest BCUT2D eigenvalue weighted by atomic mass is 19.1. The molecule has 0 aliphatic carbocycles. The lowest BCUT2D eigenvalue weighted by atomic mass is 10.0. The van der Waals surface area contributed by atoms with E-state index in [1.54, 1.807) is 19.1 Å². The second-order valence-corrected chi connectivity index (χ2v) is 4.19. The third-order valence-corrected chi connectivity index (χ3v) is 2.64. The van der Waals surface area contributed by atoms with E-state index in [-0.39, 0.29) is 18.2 Å². The third kappa shape index (κ3) is 2.14. The van der Waals surface area contributed by atoms with Crippen molar-refractivity contribution in [3.05, 3.63) is 45.9 Å². The number of nitro benzene ring substituents is 1. The van der Waals surface area contributed by atoms with Gasteiger partial charge in [-0.2, -0.15) is 0 Å². The minimum Gasteiger partial charge on any atom is -0.328 e. The summed E-state index contributed by atoms with van der Waals surface area (Å²) in [5.41, 5.74) is 6.01. The number of hydrogen-bond acceptors (Lipinski definition) is 4. The molecule has 0 fully saturated rings. The number of rotatable bonds is 3. The number of pyridine rings is 1. The molecule has 0 saturated heterocycles. The maximum atomic E-state index is 13.9. The predicted octanol–water partition coefficient (Wildman–Crippen LogP) is 2.17. The monoisotopic (exact) mass is 249 g/mol. The largest absolute Gasteiger partial charge is 0.328 e. The van der Waals surface area contributed by atoms with Crippen molar-refractivity contribution in [2.24, 2.45) is 5.73 Å². The fraction of sp³-hybridized carbons (Fsp3) is 0.250. The van der Waals surface area contributed by atoms with E-state index in [9.17, 15) is 14.5 Å². The summed E-state index contributed by atoms with van der Waals surface area (Å²) in [6, 6.07) is 3.83. The fourth-order valence-electron chi connectivity index (χ4n) is 1.92. The van der Waals surface area contributed by atoms with E-state index in [4.69, 9.17) is 5.73 Å². The van der Waals surface area contributed by atoms with E-state index in [0.717, 1.165) is 6.07 Å². The van der Waals surface area contributed by atoms with Gasteiger partial charge >= 0.3 is 0 Å². The lowest BCUT2D eigenvalue weighted by Gasteiger charge is -2.10. The third-order valence-electron chi connectivity index (χ3n) is 2.64. The number of hydrogen-bond donors (Lipinski definition) is 1. The molecule has 0 aliphatic heterocycles. The van der Waals surface area contributed by atoms with Crippen molar-refractivity contribution in [2.75, 3.05) is 0 Å². The summed E-state index contributed by atoms with van der Waals surface area (Å²) in [7, 11) is 0. The summed E-state index contributed by atoms with van der Waals surface area (Å²) in [4.78, 5) is 14.3. The number of nitrogens with zero attached hydrogens (tertiary/aromatic N) is 2. The topological polar surface area (TPSA) is 82.0 Å². The first-order chi connectivity index (χ1) is 8.50. The molecule has 2 rings (SSSR count). The lowest BCUT2D eigenvalue weighted by molar-refractivity contribution is -0.383. The zero-order valence-corrected chi connectivity index (χ0v) is 9.76. The van der Waals surface area contributed by atoms with E-state index in [0.29, 0.717) is 16.5 Å². The molecule has 1 atom stereocenters. The number of aromatic nitrogens is 1. The van der Waals surface area contributed by atoms with Gasteiger partial charge in [-0.3, -0.25) is 15.1 Å². The Bertz CT molecular complexity index is 614. The second kappa shape index (κ2) is 4.66. The highest BCUT2D eigenvalue weighted by Gasteiger charge is 2.20. The minimum absolute atomic E-state index is 0.244. The van der Waals surface area contributed by atoms with Gasteiger partial charge in [0.15, 0.2) is 0 Å². The molecule has 2 aromatic rings. The van der Waals surface area contributed by atoms with Crippen molar-refractivity contribution in [1.29, 1.82) is 0 Å². The average Bonchev–Trinajstić information content (AvgIpc) is 2.31. The van der Waals surface area contributed by atoms with Gasteiger partial charge in [0.1, 0.15) is 5.82 Å². The van der Waals surface area contributed by atoms with Crippen LogP contribution in [0.5, 0.6) is 0 Å². The van der Waals surface area contributed by atoms with Gasteiger partial charge in [0.05, 0.1) is 21.9 Å². The normalized spacial score (nSPS) is 12.6. The van der Waals surface area contributed by atoms with Gasteiger partial charge in [0.2, 0.25) is 0 Å². The molecule has 2 N–H and O–H groups in total. The van der Waals surface area contributed by atoms with E-state index < -0.39 is 10.7 Å². The van der Waals surface area contributed by atoms with Crippen LogP contribution in [0.15, 0.2) is 24.4 Å². The Kier molecular flexibility index (Phi) is 3.20. The van der Waals surface area contributed by atoms with Crippen LogP contribution in [-0.4, -0.2) is 15.9 Å². The van der Waals surface area contributed by atoms with E-state index in [2.05, 4.69) is 4.98 Å². The molecule has 0 bridgehead atoms. The Balaban J connectivity index is 2.77. The van der Waals surface area contributed by atoms with Crippen LogP contribution in [0.1, 0.15) is 12.5 Å². The summed E-state index contributed by atoms with van der Waals surface area (Å²) in [6.45, 7) is 1.75. The highest BCUT2D eigenvalue weighted by molar-refractivity contribution is 5.90. The zero-order valence-electron chi connectivity index (χ0n) is 9.76. The van der Waals surface area contributed by atoms with Gasteiger partial charge in [-0.05, 0) is 25.5 Å². The Hall–Kier alpha value is -2.08. The van der Waals surface area contributed by atoms with E-state index in [1.165, 1.54) is 6.20 Å². The lowest BCUT2D eigenvalue weighted by Crippen LogP contribution is -2.19. The summed E-state index contributed by atoms with van der Waals surface area (Å²) in [6.07, 6.45) is 1.77. The predicted molar refractivity (Wildman–Crippen MR) is 65.7 cm³/mol. The molecular weight excluding hydrogens is 237 g/mol. The van der Waals surface area contributed by atoms with Crippen molar-refractivity contribution in [2.45, 2.75) is 19.4 Å². The number of nitro groups is 1. The molecule has 1 unspecified atom stereocenters. The second-order valence-electron chi connectivity index (χ2n) is 4.19. The molecule has 1 aromatic heterocycles. The molecule has 0 saturated carbocycles. The molecule has 0 spiro atoms. The van der Waals surface area contributed by atoms with Gasteiger partial charge in [-0.25, -0.2) is 4.39 Å². The summed E-state index contributed by atoms with van der Waals surface area (Å²) in [5.74, 6) is -0.634. The number of non-ortho nitro benzene ring substituents is 1. The van der Waals surface area contributed by atoms with Crippen LogP contribution in [-0.2, 0) is 6.42 Å². The van der Waals surface area contributed by atoms with E-state index >= 15 is 0 Å². The standard InChI is InChI=1S/C12H12FN3O2/c1-7(14)5-9-10(13)6-11(16(17)18)8-3-2-4-15-12(8)9/h2-4,6-7H,5,14H2,1H3. The SMILES string of the molecule is CC(N)Cc1c(F)cc([N+](=O)[O-])c2cccnc12. The molecular formula is C12H12FN3O2. The number of nitrogens with two attached hydrogens (primary N) is 1. The molecule has 6 heteroatoms. The van der Waals surface area contributed by atoms with Crippen LogP contribution < -0.4 is 5.73 Å². The quantitative estimate of drug-likeness (QED) is 0.667. The number of fused-ring (bicyclic) bond motifs is 1. The maximum absolute atomic E-state index is 13.9. The fourth-order valence-corrected chi connectivity index (χ4v) is 1.92. The Labute approximate surface area is 103 Å². The van der Waals surface area contributed by atoms with Crippen LogP contribution in [0.25, 0.3) is 10.9 Å². The van der Waals surface area contributed by atoms with E-state index in [1.807, 2.05) is 0 Å². The van der Waals surface area contributed by atoms with Gasteiger partial charge in [-0.15, -0.1) is 0 Å². The van der Waals surface area contributed by atoms with Gasteiger partial charge < -0.3 is 5.73 Å². The van der Waals surface area contributed by atoms with Gasteiger partial charge in [0.25, 0.3) is 5.69 Å². The molecule has 0 amide bonds. The Morgan fingerprint density at radius 3 is 2.94 bits per heavy atom. The van der Waals surface area contributed by atoms with Crippen LogP contribution >= 0.6 is 0 Å². The zero-order chi connectivity index (χ0) is 13.3. The van der Waals surface area contributed by atoms with Crippen molar-refractivity contribution >= 4 is 16.6 Å². The van der Waals surface area contributed by atoms with Crippen molar-refractivity contribution in [3.63, 3.8) is 0 Å². The van der Waals surface area contributed by atoms with Crippen molar-refractivity contribution in [3.8, 4) is 0 Å². The van der Waals surface area contributed by atoms with Crippen molar-refractivity contribution in [1.82, 2.24) is 4.98 Å². The first kappa shape index (κ1) is 12.4. The molecule has 5 nitrogen and oxygen atoms in total. The average molecular weight is 249 g/mol. The highest BCUT2D eigenvalue weighted by Crippen LogP contribution is 2.29. The van der Waals surface area contributed by atoms with Crippen molar-refractivity contribution < 1.29 is 9.31 Å². The van der Waals surface area contributed by atoms with Crippen LogP contribution in [0, 0.1) is 15.9 Å². The number of benzene rings is 1. The molecule has 1 heterocycles. The smallest absolute Gasteiger partial charge is 0.281 e. The summed E-state index contributed by atoms with van der Waals surface area (Å²) >= 11 is 0. The first-order valence-electron chi connectivity index (χ1n) is 5.46. The Morgan fingerprint density at radius 1 is 1.61 bits per heavy atom. The molecule has 18 heavy (non-hydrogen) atoms.